The molecule has 3 atom stereocenters. The maximum atomic E-state index is 12.1. The van der Waals surface area contributed by atoms with Crippen molar-refractivity contribution < 1.29 is 9.59 Å². The van der Waals surface area contributed by atoms with Crippen LogP contribution in [0.4, 0.5) is 5.69 Å². The minimum absolute atomic E-state index is 0.160. The molecule has 3 saturated heterocycles. The number of rotatable bonds is 5. The van der Waals surface area contributed by atoms with Gasteiger partial charge in [-0.25, -0.2) is 0 Å². The van der Waals surface area contributed by atoms with Gasteiger partial charge in [0.1, 0.15) is 0 Å². The Morgan fingerprint density at radius 2 is 1.73 bits per heavy atom. The number of imide groups is 1. The van der Waals surface area contributed by atoms with Crippen LogP contribution in [0, 0.1) is 0 Å². The Morgan fingerprint density at radius 1 is 1.04 bits per heavy atom. The summed E-state index contributed by atoms with van der Waals surface area (Å²) in [6, 6.07) is 9.59. The summed E-state index contributed by atoms with van der Waals surface area (Å²) in [5.41, 5.74) is 7.92. The summed E-state index contributed by atoms with van der Waals surface area (Å²) in [5.74, 6) is -0.527. The van der Waals surface area contributed by atoms with Crippen LogP contribution >= 0.6 is 0 Å². The van der Waals surface area contributed by atoms with E-state index in [1.807, 2.05) is 0 Å². The lowest BCUT2D eigenvalue weighted by Crippen LogP contribution is -2.54. The molecule has 3 unspecified atom stereocenters. The molecule has 1 aromatic rings. The molecule has 3 heterocycles. The smallest absolute Gasteiger partial charge is 0.234 e. The highest BCUT2D eigenvalue weighted by atomic mass is 16.2. The normalized spacial score (nSPS) is 29.1. The molecule has 0 aliphatic carbocycles. The molecule has 0 spiro atoms. The Balaban J connectivity index is 1.45. The molecule has 2 amide bonds. The Hall–Kier alpha value is -1.92. The number of piperazine rings is 1. The molecule has 4 rings (SSSR count). The van der Waals surface area contributed by atoms with Gasteiger partial charge >= 0.3 is 0 Å². The van der Waals surface area contributed by atoms with Crippen molar-refractivity contribution in [3.8, 4) is 0 Å². The SMILES string of the molecule is NCCCN1CC2CCC(C1)N2c1ccc(C2CCC(=O)NC2=O)cc1. The van der Waals surface area contributed by atoms with Gasteiger partial charge in [-0.15, -0.1) is 0 Å². The fraction of sp³-hybridized carbons (Fsp3) is 0.600. The average Bonchev–Trinajstić information content (AvgIpc) is 2.90. The van der Waals surface area contributed by atoms with Crippen LogP contribution in [-0.2, 0) is 9.59 Å². The number of piperidine rings is 1. The maximum Gasteiger partial charge on any atom is 0.234 e. The van der Waals surface area contributed by atoms with Crippen molar-refractivity contribution in [2.45, 2.75) is 50.1 Å². The van der Waals surface area contributed by atoms with Gasteiger partial charge in [-0.1, -0.05) is 12.1 Å². The summed E-state index contributed by atoms with van der Waals surface area (Å²) in [6.45, 7) is 4.10. The molecule has 2 bridgehead atoms. The minimum atomic E-state index is -0.202. The first kappa shape index (κ1) is 17.5. The van der Waals surface area contributed by atoms with Crippen LogP contribution in [0.15, 0.2) is 24.3 Å². The van der Waals surface area contributed by atoms with Crippen molar-refractivity contribution in [3.63, 3.8) is 0 Å². The molecular formula is C20H28N4O2. The van der Waals surface area contributed by atoms with Crippen molar-refractivity contribution in [1.29, 1.82) is 0 Å². The molecule has 0 radical (unpaired) electrons. The van der Waals surface area contributed by atoms with E-state index in [9.17, 15) is 9.59 Å². The molecule has 140 valence electrons. The van der Waals surface area contributed by atoms with E-state index in [2.05, 4.69) is 39.4 Å². The lowest BCUT2D eigenvalue weighted by Gasteiger charge is -2.42. The van der Waals surface area contributed by atoms with Crippen LogP contribution in [0.5, 0.6) is 0 Å². The summed E-state index contributed by atoms with van der Waals surface area (Å²) in [7, 11) is 0. The van der Waals surface area contributed by atoms with E-state index in [4.69, 9.17) is 5.73 Å². The molecule has 3 fully saturated rings. The predicted molar refractivity (Wildman–Crippen MR) is 101 cm³/mol. The topological polar surface area (TPSA) is 78.7 Å². The van der Waals surface area contributed by atoms with Crippen molar-refractivity contribution in [1.82, 2.24) is 10.2 Å². The third kappa shape index (κ3) is 3.35. The van der Waals surface area contributed by atoms with Gasteiger partial charge < -0.3 is 10.6 Å². The molecule has 6 nitrogen and oxygen atoms in total. The van der Waals surface area contributed by atoms with E-state index in [-0.39, 0.29) is 17.7 Å². The number of nitrogens with zero attached hydrogens (tertiary/aromatic N) is 2. The van der Waals surface area contributed by atoms with Gasteiger partial charge in [0.2, 0.25) is 11.8 Å². The van der Waals surface area contributed by atoms with Crippen LogP contribution < -0.4 is 16.0 Å². The summed E-state index contributed by atoms with van der Waals surface area (Å²) in [5, 5.41) is 2.45. The summed E-state index contributed by atoms with van der Waals surface area (Å²) < 4.78 is 0. The second-order valence-corrected chi connectivity index (χ2v) is 7.79. The minimum Gasteiger partial charge on any atom is -0.363 e. The zero-order valence-corrected chi connectivity index (χ0v) is 15.2. The zero-order chi connectivity index (χ0) is 18.1. The second-order valence-electron chi connectivity index (χ2n) is 7.79. The number of amides is 2. The van der Waals surface area contributed by atoms with E-state index in [0.717, 1.165) is 38.2 Å². The van der Waals surface area contributed by atoms with E-state index >= 15 is 0 Å². The first-order chi connectivity index (χ1) is 12.7. The number of hydrogen-bond acceptors (Lipinski definition) is 5. The van der Waals surface area contributed by atoms with Crippen LogP contribution in [0.1, 0.15) is 43.6 Å². The average molecular weight is 356 g/mol. The highest BCUT2D eigenvalue weighted by Gasteiger charge is 2.39. The van der Waals surface area contributed by atoms with Crippen LogP contribution in [0.25, 0.3) is 0 Å². The molecular weight excluding hydrogens is 328 g/mol. The zero-order valence-electron chi connectivity index (χ0n) is 15.2. The summed E-state index contributed by atoms with van der Waals surface area (Å²) >= 11 is 0. The van der Waals surface area contributed by atoms with Gasteiger partial charge in [0.15, 0.2) is 0 Å². The van der Waals surface area contributed by atoms with Crippen molar-refractivity contribution in [3.05, 3.63) is 29.8 Å². The number of anilines is 1. The highest BCUT2D eigenvalue weighted by Crippen LogP contribution is 2.36. The fourth-order valence-corrected chi connectivity index (χ4v) is 4.80. The van der Waals surface area contributed by atoms with Gasteiger partial charge in [0.05, 0.1) is 5.92 Å². The maximum absolute atomic E-state index is 12.1. The Labute approximate surface area is 154 Å². The quantitative estimate of drug-likeness (QED) is 0.776. The summed E-state index contributed by atoms with van der Waals surface area (Å²) in [6.07, 6.45) is 4.60. The number of benzene rings is 1. The molecule has 1 aromatic carbocycles. The molecule has 3 aliphatic heterocycles. The van der Waals surface area contributed by atoms with E-state index in [1.165, 1.54) is 18.5 Å². The van der Waals surface area contributed by atoms with Crippen LogP contribution in [-0.4, -0.2) is 55.0 Å². The van der Waals surface area contributed by atoms with Gasteiger partial charge in [-0.05, 0) is 56.5 Å². The van der Waals surface area contributed by atoms with Gasteiger partial charge in [0, 0.05) is 37.3 Å². The first-order valence-corrected chi connectivity index (χ1v) is 9.80. The number of hydrogen-bond donors (Lipinski definition) is 2. The number of fused-ring (bicyclic) bond motifs is 2. The van der Waals surface area contributed by atoms with Crippen molar-refractivity contribution in [2.24, 2.45) is 5.73 Å². The monoisotopic (exact) mass is 356 g/mol. The van der Waals surface area contributed by atoms with Gasteiger partial charge in [0.25, 0.3) is 0 Å². The Morgan fingerprint density at radius 3 is 2.35 bits per heavy atom. The molecule has 6 heteroatoms. The number of carbonyl (C=O) groups is 2. The number of carbonyl (C=O) groups excluding carboxylic acids is 2. The molecule has 0 aromatic heterocycles. The van der Waals surface area contributed by atoms with E-state index < -0.39 is 0 Å². The van der Waals surface area contributed by atoms with Crippen LogP contribution in [0.2, 0.25) is 0 Å². The molecule has 3 aliphatic rings. The third-order valence-electron chi connectivity index (χ3n) is 6.07. The lowest BCUT2D eigenvalue weighted by molar-refractivity contribution is -0.134. The Bertz CT molecular complexity index is 661. The fourth-order valence-electron chi connectivity index (χ4n) is 4.80. The third-order valence-corrected chi connectivity index (χ3v) is 6.07. The largest absolute Gasteiger partial charge is 0.363 e. The molecule has 3 N–H and O–H groups in total. The molecule has 26 heavy (non-hydrogen) atoms. The summed E-state index contributed by atoms with van der Waals surface area (Å²) in [4.78, 5) is 28.5. The Kier molecular flexibility index (Phi) is 4.96. The number of likely N-dealkylation sites (tertiary alicyclic amines) is 1. The lowest BCUT2D eigenvalue weighted by atomic mass is 9.90. The van der Waals surface area contributed by atoms with Crippen LogP contribution in [0.3, 0.4) is 0 Å². The van der Waals surface area contributed by atoms with Crippen molar-refractivity contribution >= 4 is 17.5 Å². The van der Waals surface area contributed by atoms with E-state index in [1.54, 1.807) is 0 Å². The van der Waals surface area contributed by atoms with Crippen molar-refractivity contribution in [2.75, 3.05) is 31.1 Å². The standard InChI is InChI=1S/C20H28N4O2/c21-10-1-11-23-12-16-6-7-17(13-23)24(16)15-4-2-14(3-5-15)18-8-9-19(25)22-20(18)26/h2-5,16-18H,1,6-13,21H2,(H,22,25,26). The first-order valence-electron chi connectivity index (χ1n) is 9.80. The predicted octanol–water partition coefficient (Wildman–Crippen LogP) is 1.21. The van der Waals surface area contributed by atoms with E-state index in [0.29, 0.717) is 24.9 Å². The second kappa shape index (κ2) is 7.37. The molecule has 0 saturated carbocycles. The number of nitrogens with one attached hydrogen (secondary N) is 1. The van der Waals surface area contributed by atoms with Gasteiger partial charge in [-0.2, -0.15) is 0 Å². The van der Waals surface area contributed by atoms with Gasteiger partial charge in [-0.3, -0.25) is 19.8 Å². The highest BCUT2D eigenvalue weighted by molar-refractivity contribution is 6.00. The number of nitrogens with two attached hydrogens (primary N) is 1.